The molecule has 0 spiro atoms. The van der Waals surface area contributed by atoms with Gasteiger partial charge in [-0.1, -0.05) is 0 Å². The molecular weight excluding hydrogens is 400 g/mol. The molecule has 4 heterocycles. The maximum Gasteiger partial charge on any atom is 0.160 e. The number of aryl methyl sites for hydroxylation is 2. The van der Waals surface area contributed by atoms with E-state index in [1.54, 1.807) is 22.7 Å². The van der Waals surface area contributed by atoms with Crippen molar-refractivity contribution < 1.29 is 9.59 Å². The predicted molar refractivity (Wildman–Crippen MR) is 115 cm³/mol. The molecule has 0 saturated carbocycles. The van der Waals surface area contributed by atoms with Crippen LogP contribution < -0.4 is 0 Å². The summed E-state index contributed by atoms with van der Waals surface area (Å²) < 4.78 is 0. The van der Waals surface area contributed by atoms with Crippen LogP contribution in [-0.2, 0) is 0 Å². The molecule has 0 bridgehead atoms. The summed E-state index contributed by atoms with van der Waals surface area (Å²) in [6, 6.07) is 12.2. The van der Waals surface area contributed by atoms with Crippen molar-refractivity contribution in [2.75, 3.05) is 0 Å². The second kappa shape index (κ2) is 7.04. The van der Waals surface area contributed by atoms with Gasteiger partial charge in [0.05, 0.1) is 9.75 Å². The molecule has 0 unspecified atom stereocenters. The zero-order valence-corrected chi connectivity index (χ0v) is 17.3. The smallest absolute Gasteiger partial charge is 0.160 e. The summed E-state index contributed by atoms with van der Waals surface area (Å²) in [4.78, 5) is 30.6. The Labute approximate surface area is 167 Å². The van der Waals surface area contributed by atoms with Crippen molar-refractivity contribution in [2.45, 2.75) is 13.8 Å². The van der Waals surface area contributed by atoms with Crippen LogP contribution in [0.5, 0.6) is 0 Å². The molecular formula is C20H14O2S4. The molecule has 4 aromatic heterocycles. The Hall–Kier alpha value is -1.86. The van der Waals surface area contributed by atoms with Gasteiger partial charge in [0, 0.05) is 29.3 Å². The molecule has 130 valence electrons. The maximum absolute atomic E-state index is 11.0. The fourth-order valence-electron chi connectivity index (χ4n) is 2.77. The molecule has 0 amide bonds. The van der Waals surface area contributed by atoms with Crippen LogP contribution in [0.25, 0.3) is 29.3 Å². The molecule has 4 aromatic rings. The Kier molecular flexibility index (Phi) is 4.75. The zero-order valence-electron chi connectivity index (χ0n) is 14.1. The highest BCUT2D eigenvalue weighted by Gasteiger charge is 2.16. The first-order chi connectivity index (χ1) is 12.6. The van der Waals surface area contributed by atoms with Gasteiger partial charge in [-0.3, -0.25) is 9.59 Å². The van der Waals surface area contributed by atoms with Crippen molar-refractivity contribution in [2.24, 2.45) is 0 Å². The monoisotopic (exact) mass is 414 g/mol. The van der Waals surface area contributed by atoms with Gasteiger partial charge in [0.25, 0.3) is 0 Å². The van der Waals surface area contributed by atoms with Gasteiger partial charge in [-0.2, -0.15) is 0 Å². The molecule has 0 radical (unpaired) electrons. The Balaban J connectivity index is 1.72. The summed E-state index contributed by atoms with van der Waals surface area (Å²) in [5.41, 5.74) is 2.47. The number of thiophene rings is 4. The number of hydrogen-bond donors (Lipinski definition) is 0. The van der Waals surface area contributed by atoms with Crippen LogP contribution in [0.4, 0.5) is 0 Å². The van der Waals surface area contributed by atoms with Gasteiger partial charge in [0.15, 0.2) is 12.6 Å². The van der Waals surface area contributed by atoms with E-state index in [1.807, 2.05) is 24.3 Å². The summed E-state index contributed by atoms with van der Waals surface area (Å²) in [6.07, 6.45) is 1.81. The third-order valence-electron chi connectivity index (χ3n) is 4.01. The minimum absolute atomic E-state index is 0.757. The average molecular weight is 415 g/mol. The van der Waals surface area contributed by atoms with Crippen LogP contribution in [-0.4, -0.2) is 12.6 Å². The van der Waals surface area contributed by atoms with E-state index in [2.05, 4.69) is 26.0 Å². The maximum atomic E-state index is 11.0. The van der Waals surface area contributed by atoms with E-state index in [0.29, 0.717) is 0 Å². The van der Waals surface area contributed by atoms with Crippen molar-refractivity contribution >= 4 is 57.9 Å². The molecule has 0 aliphatic heterocycles. The highest BCUT2D eigenvalue weighted by Crippen LogP contribution is 2.45. The van der Waals surface area contributed by atoms with Gasteiger partial charge in [-0.15, -0.1) is 45.3 Å². The van der Waals surface area contributed by atoms with Crippen LogP contribution >= 0.6 is 45.3 Å². The zero-order chi connectivity index (χ0) is 18.3. The van der Waals surface area contributed by atoms with E-state index in [1.165, 1.54) is 53.3 Å². The highest BCUT2D eigenvalue weighted by atomic mass is 32.1. The van der Waals surface area contributed by atoms with Gasteiger partial charge >= 0.3 is 0 Å². The summed E-state index contributed by atoms with van der Waals surface area (Å²) in [5.74, 6) is 0. The van der Waals surface area contributed by atoms with E-state index in [4.69, 9.17) is 0 Å². The third-order valence-corrected chi connectivity index (χ3v) is 9.06. The molecule has 2 nitrogen and oxygen atoms in total. The van der Waals surface area contributed by atoms with Crippen LogP contribution in [0.3, 0.4) is 0 Å². The fourth-order valence-corrected chi connectivity index (χ4v) is 7.19. The molecule has 0 fully saturated rings. The first-order valence-corrected chi connectivity index (χ1v) is 11.2. The minimum Gasteiger partial charge on any atom is -0.297 e. The van der Waals surface area contributed by atoms with Gasteiger partial charge in [0.2, 0.25) is 0 Å². The SMILES string of the molecule is Cc1cc(-c2cc(C)c(-c3ccc(C=O)s3)s2)sc1-c1ccc(C=O)s1. The van der Waals surface area contributed by atoms with E-state index in [-0.39, 0.29) is 0 Å². The van der Waals surface area contributed by atoms with Crippen molar-refractivity contribution in [3.05, 3.63) is 57.3 Å². The fraction of sp³-hybridized carbons (Fsp3) is 0.100. The summed E-state index contributed by atoms with van der Waals surface area (Å²) >= 11 is 6.60. The highest BCUT2D eigenvalue weighted by molar-refractivity contribution is 7.29. The molecule has 4 rings (SSSR count). The minimum atomic E-state index is 0.757. The average Bonchev–Trinajstić information content (AvgIpc) is 3.39. The van der Waals surface area contributed by atoms with Gasteiger partial charge in [-0.05, 0) is 61.4 Å². The predicted octanol–water partition coefficient (Wildman–Crippen LogP) is 7.18. The Morgan fingerprint density at radius 1 is 0.615 bits per heavy atom. The second-order valence-corrected chi connectivity index (χ2v) is 10.2. The lowest BCUT2D eigenvalue weighted by molar-refractivity contribution is 0.111. The van der Waals surface area contributed by atoms with Crippen LogP contribution in [0.1, 0.15) is 30.5 Å². The molecule has 0 aromatic carbocycles. The standard InChI is InChI=1S/C20H14O2S4/c1-11-7-17(25-19(11)15-5-3-13(9-21)23-15)18-8-12(2)20(26-18)16-6-4-14(10-22)24-16/h3-10H,1-2H3. The Morgan fingerprint density at radius 3 is 1.38 bits per heavy atom. The molecule has 0 N–H and O–H groups in total. The first-order valence-electron chi connectivity index (χ1n) is 7.91. The molecule has 0 aliphatic carbocycles. The van der Waals surface area contributed by atoms with E-state index < -0.39 is 0 Å². The van der Waals surface area contributed by atoms with E-state index in [9.17, 15) is 9.59 Å². The number of carbonyl (C=O) groups excluding carboxylic acids is 2. The largest absolute Gasteiger partial charge is 0.297 e. The first kappa shape index (κ1) is 17.5. The lowest BCUT2D eigenvalue weighted by atomic mass is 10.2. The second-order valence-electron chi connectivity index (χ2n) is 5.89. The lowest BCUT2D eigenvalue weighted by Crippen LogP contribution is -1.67. The van der Waals surface area contributed by atoms with E-state index >= 15 is 0 Å². The number of hydrogen-bond acceptors (Lipinski definition) is 6. The molecule has 0 atom stereocenters. The normalized spacial score (nSPS) is 11.0. The number of rotatable bonds is 5. The van der Waals surface area contributed by atoms with Gasteiger partial charge < -0.3 is 0 Å². The summed E-state index contributed by atoms with van der Waals surface area (Å²) in [6.45, 7) is 4.24. The van der Waals surface area contributed by atoms with Gasteiger partial charge in [-0.25, -0.2) is 0 Å². The van der Waals surface area contributed by atoms with Crippen molar-refractivity contribution in [3.63, 3.8) is 0 Å². The van der Waals surface area contributed by atoms with Crippen LogP contribution in [0.15, 0.2) is 36.4 Å². The van der Waals surface area contributed by atoms with E-state index in [0.717, 1.165) is 32.1 Å². The van der Waals surface area contributed by atoms with Crippen molar-refractivity contribution in [1.82, 2.24) is 0 Å². The quantitative estimate of drug-likeness (QED) is 0.324. The number of aldehydes is 2. The van der Waals surface area contributed by atoms with Gasteiger partial charge in [0.1, 0.15) is 0 Å². The summed E-state index contributed by atoms with van der Waals surface area (Å²) in [7, 11) is 0. The van der Waals surface area contributed by atoms with Crippen molar-refractivity contribution in [3.8, 4) is 29.3 Å². The summed E-state index contributed by atoms with van der Waals surface area (Å²) in [5, 5.41) is 0. The lowest BCUT2D eigenvalue weighted by Gasteiger charge is -1.93. The van der Waals surface area contributed by atoms with Crippen LogP contribution in [0.2, 0.25) is 0 Å². The third kappa shape index (κ3) is 3.14. The molecule has 0 aliphatic rings. The molecule has 26 heavy (non-hydrogen) atoms. The molecule has 6 heteroatoms. The Bertz CT molecular complexity index is 1020. The molecule has 0 saturated heterocycles. The van der Waals surface area contributed by atoms with Crippen LogP contribution in [0, 0.1) is 13.8 Å². The topological polar surface area (TPSA) is 34.1 Å². The Morgan fingerprint density at radius 2 is 1.04 bits per heavy atom. The number of carbonyl (C=O) groups is 2. The van der Waals surface area contributed by atoms with Crippen molar-refractivity contribution in [1.29, 1.82) is 0 Å².